The summed E-state index contributed by atoms with van der Waals surface area (Å²) in [6.07, 6.45) is -3.05. The second-order valence-corrected chi connectivity index (χ2v) is 9.31. The van der Waals surface area contributed by atoms with Crippen LogP contribution in [0.15, 0.2) is 11.8 Å². The van der Waals surface area contributed by atoms with Crippen molar-refractivity contribution in [1.82, 2.24) is 10.6 Å². The highest BCUT2D eigenvalue weighted by Gasteiger charge is 2.51. The fraction of sp³-hybridized carbons (Fsp3) is 0.905. The highest BCUT2D eigenvalue weighted by Crippen LogP contribution is 2.31. The van der Waals surface area contributed by atoms with E-state index in [0.717, 1.165) is 0 Å². The van der Waals surface area contributed by atoms with Gasteiger partial charge in [-0.15, -0.1) is 0 Å². The molecule has 33 heavy (non-hydrogen) atoms. The van der Waals surface area contributed by atoms with Crippen molar-refractivity contribution < 1.29 is 34.3 Å². The van der Waals surface area contributed by atoms with Crippen LogP contribution in [-0.4, -0.2) is 109 Å². The van der Waals surface area contributed by atoms with E-state index in [4.69, 9.17) is 36.1 Å². The predicted molar refractivity (Wildman–Crippen MR) is 120 cm³/mol. The van der Waals surface area contributed by atoms with Gasteiger partial charge in [0.15, 0.2) is 6.29 Å². The van der Waals surface area contributed by atoms with Crippen molar-refractivity contribution in [2.75, 3.05) is 26.7 Å². The molecular formula is C21H41N5O7. The first kappa shape index (κ1) is 26.7. The third kappa shape index (κ3) is 5.85. The Morgan fingerprint density at radius 1 is 1.15 bits per heavy atom. The van der Waals surface area contributed by atoms with Crippen LogP contribution in [0.25, 0.3) is 0 Å². The van der Waals surface area contributed by atoms with E-state index in [1.165, 1.54) is 0 Å². The Hall–Kier alpha value is -0.900. The van der Waals surface area contributed by atoms with Crippen molar-refractivity contribution in [1.29, 1.82) is 0 Å². The molecule has 0 aromatic heterocycles. The van der Waals surface area contributed by atoms with Gasteiger partial charge in [0.25, 0.3) is 0 Å². The molecule has 11 N–H and O–H groups in total. The molecule has 0 amide bonds. The first-order chi connectivity index (χ1) is 15.6. The van der Waals surface area contributed by atoms with Gasteiger partial charge in [0.05, 0.1) is 25.2 Å². The van der Waals surface area contributed by atoms with Crippen molar-refractivity contribution in [3.63, 3.8) is 0 Å². The molecule has 2 aliphatic heterocycles. The third-order valence-electron chi connectivity index (χ3n) is 6.64. The average Bonchev–Trinajstić information content (AvgIpc) is 2.76. The topological polar surface area (TPSA) is 200 Å². The molecule has 0 unspecified atom stereocenters. The van der Waals surface area contributed by atoms with E-state index in [1.807, 2.05) is 13.0 Å². The standard InChI is InChI=1S/C21H41N5O7/c1-4-26-13-7-12(24)16(32-19-11(23)6-5-10(8-22)31-19)14(27)17(13)33-20-15(28)18(25-3)21(2,29)9-30-20/h5,11-20,25-29H,4,6-9,22-24H2,1-3H3/t11-,12+,13-,14+,15-,16+,17-,18+,19-,20-,21+/m1/s1. The summed E-state index contributed by atoms with van der Waals surface area (Å²) in [4.78, 5) is 0. The van der Waals surface area contributed by atoms with Crippen LogP contribution in [-0.2, 0) is 18.9 Å². The Kier molecular flexibility index (Phi) is 9.08. The van der Waals surface area contributed by atoms with E-state index in [-0.39, 0.29) is 19.2 Å². The smallest absolute Gasteiger partial charge is 0.215 e. The van der Waals surface area contributed by atoms with Crippen LogP contribution in [0, 0.1) is 0 Å². The summed E-state index contributed by atoms with van der Waals surface area (Å²) in [5.41, 5.74) is 16.9. The zero-order chi connectivity index (χ0) is 24.3. The summed E-state index contributed by atoms with van der Waals surface area (Å²) in [6, 6.07) is -1.95. The van der Waals surface area contributed by atoms with E-state index in [9.17, 15) is 15.3 Å². The van der Waals surface area contributed by atoms with Gasteiger partial charge >= 0.3 is 0 Å². The van der Waals surface area contributed by atoms with Gasteiger partial charge in [0, 0.05) is 12.1 Å². The van der Waals surface area contributed by atoms with Gasteiger partial charge in [-0.05, 0) is 39.4 Å². The maximum Gasteiger partial charge on any atom is 0.215 e. The summed E-state index contributed by atoms with van der Waals surface area (Å²) in [5, 5.41) is 38.8. The molecule has 2 heterocycles. The molecule has 0 radical (unpaired) electrons. The summed E-state index contributed by atoms with van der Waals surface area (Å²) in [5.74, 6) is 0.572. The molecule has 1 aliphatic carbocycles. The highest BCUT2D eigenvalue weighted by atomic mass is 16.7. The van der Waals surface area contributed by atoms with Crippen molar-refractivity contribution >= 4 is 0 Å². The van der Waals surface area contributed by atoms with Crippen LogP contribution in [0.3, 0.4) is 0 Å². The van der Waals surface area contributed by atoms with Crippen LogP contribution in [0.5, 0.6) is 0 Å². The Labute approximate surface area is 194 Å². The molecule has 2 fully saturated rings. The van der Waals surface area contributed by atoms with Gasteiger partial charge in [-0.25, -0.2) is 0 Å². The van der Waals surface area contributed by atoms with Crippen LogP contribution in [0.4, 0.5) is 0 Å². The zero-order valence-corrected chi connectivity index (χ0v) is 19.6. The number of nitrogens with one attached hydrogen (secondary N) is 2. The van der Waals surface area contributed by atoms with Crippen molar-refractivity contribution in [2.45, 2.75) is 93.5 Å². The molecule has 1 saturated heterocycles. The lowest BCUT2D eigenvalue weighted by Crippen LogP contribution is -2.69. The molecule has 1 saturated carbocycles. The van der Waals surface area contributed by atoms with Crippen molar-refractivity contribution in [2.24, 2.45) is 17.2 Å². The second-order valence-electron chi connectivity index (χ2n) is 9.31. The summed E-state index contributed by atoms with van der Waals surface area (Å²) in [7, 11) is 1.64. The van der Waals surface area contributed by atoms with Crippen molar-refractivity contribution in [3.05, 3.63) is 11.8 Å². The van der Waals surface area contributed by atoms with Crippen LogP contribution < -0.4 is 27.8 Å². The molecule has 12 nitrogen and oxygen atoms in total. The summed E-state index contributed by atoms with van der Waals surface area (Å²) in [6.45, 7) is 4.30. The van der Waals surface area contributed by atoms with Crippen LogP contribution in [0.2, 0.25) is 0 Å². The Balaban J connectivity index is 1.75. The van der Waals surface area contributed by atoms with Crippen molar-refractivity contribution in [3.8, 4) is 0 Å². The van der Waals surface area contributed by atoms with Gasteiger partial charge in [0.2, 0.25) is 6.29 Å². The number of ether oxygens (including phenoxy) is 4. The molecule has 3 aliphatic rings. The lowest BCUT2D eigenvalue weighted by Gasteiger charge is -2.49. The maximum absolute atomic E-state index is 11.3. The number of likely N-dealkylation sites (N-methyl/N-ethyl adjacent to an activating group) is 2. The molecule has 0 aromatic rings. The second kappa shape index (κ2) is 11.2. The molecule has 0 aromatic carbocycles. The third-order valence-corrected chi connectivity index (χ3v) is 6.64. The summed E-state index contributed by atoms with van der Waals surface area (Å²) >= 11 is 0. The minimum absolute atomic E-state index is 0.0483. The molecule has 12 heteroatoms. The molecule has 11 atom stereocenters. The largest absolute Gasteiger partial charge is 0.467 e. The fourth-order valence-electron chi connectivity index (χ4n) is 4.86. The van der Waals surface area contributed by atoms with E-state index in [0.29, 0.717) is 25.1 Å². The van der Waals surface area contributed by atoms with Gasteiger partial charge in [-0.2, -0.15) is 0 Å². The van der Waals surface area contributed by atoms with E-state index in [2.05, 4.69) is 10.6 Å². The molecule has 192 valence electrons. The number of hydrogen-bond donors (Lipinski definition) is 8. The first-order valence-electron chi connectivity index (χ1n) is 11.6. The SMILES string of the molecule is CCN[C@@H]1C[C@H](N)[C@H](O[C@H]2OC(CN)=CC[C@H]2N)[C@H](O)[C@@H]1O[C@H]1OC[C@](C)(O)[C@@H](NC)[C@H]1O. The first-order valence-corrected chi connectivity index (χ1v) is 11.6. The van der Waals surface area contributed by atoms with Gasteiger partial charge in [-0.1, -0.05) is 6.92 Å². The zero-order valence-electron chi connectivity index (χ0n) is 19.6. The monoisotopic (exact) mass is 475 g/mol. The van der Waals surface area contributed by atoms with E-state index in [1.54, 1.807) is 14.0 Å². The van der Waals surface area contributed by atoms with Gasteiger partial charge in [-0.3, -0.25) is 0 Å². The molecular weight excluding hydrogens is 434 g/mol. The van der Waals surface area contributed by atoms with Gasteiger partial charge in [0.1, 0.15) is 35.8 Å². The minimum atomic E-state index is -1.28. The normalized spacial score (nSPS) is 46.5. The Bertz CT molecular complexity index is 669. The lowest BCUT2D eigenvalue weighted by atomic mass is 9.83. The van der Waals surface area contributed by atoms with Gasteiger partial charge < -0.3 is 62.1 Å². The van der Waals surface area contributed by atoms with Crippen LogP contribution >= 0.6 is 0 Å². The van der Waals surface area contributed by atoms with E-state index >= 15 is 0 Å². The summed E-state index contributed by atoms with van der Waals surface area (Å²) < 4.78 is 23.6. The highest BCUT2D eigenvalue weighted by molar-refractivity contribution is 5.05. The number of rotatable bonds is 8. The average molecular weight is 476 g/mol. The van der Waals surface area contributed by atoms with E-state index < -0.39 is 60.7 Å². The van der Waals surface area contributed by atoms with Crippen LogP contribution in [0.1, 0.15) is 26.7 Å². The molecule has 0 spiro atoms. The predicted octanol–water partition coefficient (Wildman–Crippen LogP) is -3.20. The fourth-order valence-corrected chi connectivity index (χ4v) is 4.86. The number of nitrogens with two attached hydrogens (primary N) is 3. The Morgan fingerprint density at radius 2 is 1.85 bits per heavy atom. The lowest BCUT2D eigenvalue weighted by molar-refractivity contribution is -0.304. The maximum atomic E-state index is 11.3. The minimum Gasteiger partial charge on any atom is -0.467 e. The number of aliphatic hydroxyl groups excluding tert-OH is 2. The Morgan fingerprint density at radius 3 is 2.48 bits per heavy atom. The molecule has 3 rings (SSSR count). The number of hydrogen-bond acceptors (Lipinski definition) is 12. The number of aliphatic hydroxyl groups is 3. The quantitative estimate of drug-likeness (QED) is 0.175. The molecule has 0 bridgehead atoms.